The lowest BCUT2D eigenvalue weighted by atomic mass is 9.83. The highest BCUT2D eigenvalue weighted by Gasteiger charge is 2.19. The van der Waals surface area contributed by atoms with Crippen molar-refractivity contribution >= 4 is 11.8 Å². The third kappa shape index (κ3) is 3.18. The number of aromatic nitrogens is 2. The Balaban J connectivity index is 1.92. The van der Waals surface area contributed by atoms with Crippen molar-refractivity contribution < 1.29 is 9.90 Å². The zero-order chi connectivity index (χ0) is 13.0. The number of carboxylic acid groups (broad SMARTS) is 1. The molecule has 0 atom stereocenters. The van der Waals surface area contributed by atoms with Gasteiger partial charge in [0.2, 0.25) is 0 Å². The molecule has 1 aliphatic carbocycles. The summed E-state index contributed by atoms with van der Waals surface area (Å²) in [6.45, 7) is 3.07. The Bertz CT molecular complexity index is 414. The molecule has 2 N–H and O–H groups in total. The molecule has 0 unspecified atom stereocenters. The number of carboxylic acids is 1. The molecule has 5 heteroatoms. The van der Waals surface area contributed by atoms with Gasteiger partial charge in [-0.15, -0.1) is 5.10 Å². The fourth-order valence-corrected chi connectivity index (χ4v) is 2.41. The van der Waals surface area contributed by atoms with Crippen molar-refractivity contribution in [1.29, 1.82) is 0 Å². The Morgan fingerprint density at radius 3 is 2.83 bits per heavy atom. The highest BCUT2D eigenvalue weighted by atomic mass is 16.4. The van der Waals surface area contributed by atoms with Crippen LogP contribution in [-0.2, 0) is 0 Å². The van der Waals surface area contributed by atoms with Gasteiger partial charge >= 0.3 is 5.97 Å². The molecular weight excluding hydrogens is 230 g/mol. The van der Waals surface area contributed by atoms with Crippen LogP contribution in [0, 0.1) is 11.8 Å². The fraction of sp³-hybridized carbons (Fsp3) is 0.615. The Kier molecular flexibility index (Phi) is 4.12. The normalized spacial score (nSPS) is 23.6. The van der Waals surface area contributed by atoms with Gasteiger partial charge in [-0.3, -0.25) is 0 Å². The minimum Gasteiger partial charge on any atom is -0.478 e. The second kappa shape index (κ2) is 5.80. The van der Waals surface area contributed by atoms with Crippen molar-refractivity contribution in [1.82, 2.24) is 10.2 Å². The second-order valence-corrected chi connectivity index (χ2v) is 5.11. The van der Waals surface area contributed by atoms with E-state index in [1.807, 2.05) is 0 Å². The molecule has 0 radical (unpaired) electrons. The average Bonchev–Trinajstić information content (AvgIpc) is 2.38. The summed E-state index contributed by atoms with van der Waals surface area (Å²) in [4.78, 5) is 11.0. The van der Waals surface area contributed by atoms with E-state index in [0.717, 1.165) is 12.5 Å². The lowest BCUT2D eigenvalue weighted by molar-refractivity contribution is 0.0697. The van der Waals surface area contributed by atoms with E-state index >= 15 is 0 Å². The molecule has 1 aromatic rings. The van der Waals surface area contributed by atoms with Crippen LogP contribution in [0.5, 0.6) is 0 Å². The van der Waals surface area contributed by atoms with Crippen LogP contribution in [0.15, 0.2) is 12.3 Å². The van der Waals surface area contributed by atoms with Crippen LogP contribution in [0.2, 0.25) is 0 Å². The molecule has 2 rings (SSSR count). The molecule has 1 heterocycles. The van der Waals surface area contributed by atoms with E-state index in [2.05, 4.69) is 22.4 Å². The van der Waals surface area contributed by atoms with E-state index in [-0.39, 0.29) is 5.56 Å². The van der Waals surface area contributed by atoms with Crippen LogP contribution in [0.1, 0.15) is 43.0 Å². The standard InChI is InChI=1S/C13H19N3O2/c1-9-2-4-10(5-3-9)8-14-12-11(13(17)18)6-7-15-16-12/h6-7,9-10H,2-5,8H2,1H3,(H,14,16)(H,17,18). The third-order valence-corrected chi connectivity index (χ3v) is 3.64. The van der Waals surface area contributed by atoms with E-state index in [4.69, 9.17) is 5.11 Å². The molecule has 0 aliphatic heterocycles. The number of aromatic carboxylic acids is 1. The summed E-state index contributed by atoms with van der Waals surface area (Å²) in [5, 5.41) is 19.7. The van der Waals surface area contributed by atoms with Crippen molar-refractivity contribution in [2.24, 2.45) is 11.8 Å². The van der Waals surface area contributed by atoms with Gasteiger partial charge in [0.05, 0.1) is 6.20 Å². The Morgan fingerprint density at radius 1 is 1.44 bits per heavy atom. The van der Waals surface area contributed by atoms with Crippen LogP contribution < -0.4 is 5.32 Å². The number of anilines is 1. The maximum Gasteiger partial charge on any atom is 0.339 e. The van der Waals surface area contributed by atoms with Crippen molar-refractivity contribution in [2.45, 2.75) is 32.6 Å². The van der Waals surface area contributed by atoms with Crippen molar-refractivity contribution in [3.63, 3.8) is 0 Å². The number of carbonyl (C=O) groups is 1. The minimum atomic E-state index is -0.968. The number of hydrogen-bond donors (Lipinski definition) is 2. The van der Waals surface area contributed by atoms with Gasteiger partial charge in [-0.1, -0.05) is 19.8 Å². The molecule has 0 bridgehead atoms. The van der Waals surface area contributed by atoms with Gasteiger partial charge in [0.1, 0.15) is 5.56 Å². The van der Waals surface area contributed by atoms with Crippen LogP contribution in [-0.4, -0.2) is 27.8 Å². The Hall–Kier alpha value is -1.65. The topological polar surface area (TPSA) is 75.1 Å². The molecule has 1 aromatic heterocycles. The molecule has 0 aromatic carbocycles. The first-order valence-corrected chi connectivity index (χ1v) is 6.45. The number of nitrogens with one attached hydrogen (secondary N) is 1. The summed E-state index contributed by atoms with van der Waals surface area (Å²) < 4.78 is 0. The van der Waals surface area contributed by atoms with Gasteiger partial charge in [0.25, 0.3) is 0 Å². The number of nitrogens with zero attached hydrogens (tertiary/aromatic N) is 2. The quantitative estimate of drug-likeness (QED) is 0.857. The summed E-state index contributed by atoms with van der Waals surface area (Å²) in [5.41, 5.74) is 0.189. The molecule has 0 spiro atoms. The maximum atomic E-state index is 11.0. The van der Waals surface area contributed by atoms with Gasteiger partial charge in [0.15, 0.2) is 5.82 Å². The summed E-state index contributed by atoms with van der Waals surface area (Å²) in [6, 6.07) is 1.47. The Morgan fingerprint density at radius 2 is 2.17 bits per heavy atom. The van der Waals surface area contributed by atoms with Crippen LogP contribution >= 0.6 is 0 Å². The van der Waals surface area contributed by atoms with Crippen LogP contribution in [0.3, 0.4) is 0 Å². The zero-order valence-electron chi connectivity index (χ0n) is 10.6. The monoisotopic (exact) mass is 249 g/mol. The molecule has 1 saturated carbocycles. The van der Waals surface area contributed by atoms with Gasteiger partial charge in [-0.2, -0.15) is 5.10 Å². The van der Waals surface area contributed by atoms with Gasteiger partial charge in [0, 0.05) is 6.54 Å². The number of hydrogen-bond acceptors (Lipinski definition) is 4. The smallest absolute Gasteiger partial charge is 0.339 e. The zero-order valence-corrected chi connectivity index (χ0v) is 10.6. The first kappa shape index (κ1) is 12.8. The largest absolute Gasteiger partial charge is 0.478 e. The predicted molar refractivity (Wildman–Crippen MR) is 68.6 cm³/mol. The molecule has 1 fully saturated rings. The van der Waals surface area contributed by atoms with E-state index < -0.39 is 5.97 Å². The Labute approximate surface area is 107 Å². The summed E-state index contributed by atoms with van der Waals surface area (Å²) >= 11 is 0. The van der Waals surface area contributed by atoms with Crippen molar-refractivity contribution in [3.8, 4) is 0 Å². The highest BCUT2D eigenvalue weighted by molar-refractivity contribution is 5.92. The van der Waals surface area contributed by atoms with E-state index in [1.165, 1.54) is 37.9 Å². The van der Waals surface area contributed by atoms with Crippen LogP contribution in [0.25, 0.3) is 0 Å². The van der Waals surface area contributed by atoms with E-state index in [1.54, 1.807) is 0 Å². The average molecular weight is 249 g/mol. The van der Waals surface area contributed by atoms with Gasteiger partial charge < -0.3 is 10.4 Å². The summed E-state index contributed by atoms with van der Waals surface area (Å²) in [5.74, 6) is 0.852. The van der Waals surface area contributed by atoms with Gasteiger partial charge in [-0.25, -0.2) is 4.79 Å². The van der Waals surface area contributed by atoms with E-state index in [9.17, 15) is 4.79 Å². The van der Waals surface area contributed by atoms with Crippen molar-refractivity contribution in [2.75, 3.05) is 11.9 Å². The highest BCUT2D eigenvalue weighted by Crippen LogP contribution is 2.28. The summed E-state index contributed by atoms with van der Waals surface area (Å²) in [7, 11) is 0. The lowest BCUT2D eigenvalue weighted by Gasteiger charge is -2.26. The molecule has 1 aliphatic rings. The number of rotatable bonds is 4. The third-order valence-electron chi connectivity index (χ3n) is 3.64. The maximum absolute atomic E-state index is 11.0. The molecule has 0 saturated heterocycles. The SMILES string of the molecule is CC1CCC(CNc2nnccc2C(=O)O)CC1. The van der Waals surface area contributed by atoms with E-state index in [0.29, 0.717) is 11.7 Å². The van der Waals surface area contributed by atoms with Crippen molar-refractivity contribution in [3.05, 3.63) is 17.8 Å². The first-order valence-electron chi connectivity index (χ1n) is 6.45. The summed E-state index contributed by atoms with van der Waals surface area (Å²) in [6.07, 6.45) is 6.34. The minimum absolute atomic E-state index is 0.189. The molecular formula is C13H19N3O2. The predicted octanol–water partition coefficient (Wildman–Crippen LogP) is 2.41. The first-order chi connectivity index (χ1) is 8.66. The lowest BCUT2D eigenvalue weighted by Crippen LogP contribution is -2.21. The fourth-order valence-electron chi connectivity index (χ4n) is 2.41. The molecule has 0 amide bonds. The second-order valence-electron chi connectivity index (χ2n) is 5.11. The van der Waals surface area contributed by atoms with Crippen LogP contribution in [0.4, 0.5) is 5.82 Å². The molecule has 18 heavy (non-hydrogen) atoms. The molecule has 98 valence electrons. The van der Waals surface area contributed by atoms with Gasteiger partial charge in [-0.05, 0) is 30.7 Å². The molecule has 5 nitrogen and oxygen atoms in total.